The highest BCUT2D eigenvalue weighted by Crippen LogP contribution is 2.26. The minimum Gasteiger partial charge on any atom is -0.491 e. The number of rotatable bonds is 8. The summed E-state index contributed by atoms with van der Waals surface area (Å²) in [7, 11) is 0. The van der Waals surface area contributed by atoms with Gasteiger partial charge in [-0.05, 0) is 52.0 Å². The molecule has 2 aromatic carbocycles. The zero-order chi connectivity index (χ0) is 22.4. The van der Waals surface area contributed by atoms with Crippen molar-refractivity contribution in [3.8, 4) is 17.0 Å². The van der Waals surface area contributed by atoms with Gasteiger partial charge in [0.25, 0.3) is 5.91 Å². The number of benzene rings is 2. The number of ether oxygens (including phenoxy) is 1. The number of nitrogens with one attached hydrogen (secondary N) is 2. The van der Waals surface area contributed by atoms with E-state index in [1.54, 1.807) is 31.2 Å². The number of amides is 1. The van der Waals surface area contributed by atoms with Crippen molar-refractivity contribution in [3.63, 3.8) is 0 Å². The van der Waals surface area contributed by atoms with Crippen LogP contribution in [0.15, 0.2) is 59.1 Å². The summed E-state index contributed by atoms with van der Waals surface area (Å²) in [6, 6.07) is 16.4. The molecule has 1 heterocycles. The summed E-state index contributed by atoms with van der Waals surface area (Å²) >= 11 is 0. The van der Waals surface area contributed by atoms with Crippen LogP contribution in [0, 0.1) is 6.92 Å². The molecule has 0 saturated carbocycles. The fraction of sp³-hybridized carbons (Fsp3) is 0.333. The van der Waals surface area contributed by atoms with Gasteiger partial charge in [0, 0.05) is 23.3 Å². The summed E-state index contributed by atoms with van der Waals surface area (Å²) in [4.78, 5) is 12.9. The first-order valence-electron chi connectivity index (χ1n) is 10.2. The van der Waals surface area contributed by atoms with E-state index in [-0.39, 0.29) is 18.1 Å². The van der Waals surface area contributed by atoms with Crippen LogP contribution in [0.3, 0.4) is 0 Å². The van der Waals surface area contributed by atoms with Crippen molar-refractivity contribution < 1.29 is 19.2 Å². The molecule has 31 heavy (non-hydrogen) atoms. The number of aromatic nitrogens is 1. The summed E-state index contributed by atoms with van der Waals surface area (Å²) < 4.78 is 10.9. The highest BCUT2D eigenvalue weighted by Gasteiger charge is 2.21. The molecule has 1 aromatic heterocycles. The Kier molecular flexibility index (Phi) is 7.09. The maximum Gasteiger partial charge on any atom is 0.261 e. The normalized spacial score (nSPS) is 12.4. The number of aliphatic hydroxyl groups is 1. The summed E-state index contributed by atoms with van der Waals surface area (Å²) in [6.07, 6.45) is -0.619. The van der Waals surface area contributed by atoms with Crippen LogP contribution in [0.2, 0.25) is 0 Å². The monoisotopic (exact) mass is 423 g/mol. The SMILES string of the molecule is Cc1onc(-c2ccccc2)c1C(=O)Nc1ccc(OCC(O)CNC(C)(C)C)cc1. The molecule has 7 nitrogen and oxygen atoms in total. The van der Waals surface area contributed by atoms with Crippen molar-refractivity contribution in [2.45, 2.75) is 39.3 Å². The molecule has 0 spiro atoms. The number of anilines is 1. The number of aryl methyl sites for hydroxylation is 1. The molecule has 0 aliphatic carbocycles. The van der Waals surface area contributed by atoms with Crippen molar-refractivity contribution in [1.29, 1.82) is 0 Å². The zero-order valence-electron chi connectivity index (χ0n) is 18.3. The summed E-state index contributed by atoms with van der Waals surface area (Å²) in [5.41, 5.74) is 2.28. The molecule has 3 N–H and O–H groups in total. The third-order valence-electron chi connectivity index (χ3n) is 4.56. The van der Waals surface area contributed by atoms with E-state index < -0.39 is 6.10 Å². The molecule has 7 heteroatoms. The summed E-state index contributed by atoms with van der Waals surface area (Å²) in [6.45, 7) is 8.45. The van der Waals surface area contributed by atoms with Gasteiger partial charge in [0.05, 0.1) is 0 Å². The third-order valence-corrected chi connectivity index (χ3v) is 4.56. The molecule has 1 amide bonds. The van der Waals surface area contributed by atoms with Gasteiger partial charge in [0.15, 0.2) is 0 Å². The molecule has 0 aliphatic rings. The number of aliphatic hydroxyl groups excluding tert-OH is 1. The Morgan fingerprint density at radius 3 is 2.45 bits per heavy atom. The number of β-amino-alcohol motifs (C(OH)–C–C–N with tert-alkyl or cyclic N) is 1. The molecule has 164 valence electrons. The Morgan fingerprint density at radius 1 is 1.13 bits per heavy atom. The van der Waals surface area contributed by atoms with E-state index in [9.17, 15) is 9.90 Å². The molecular formula is C24H29N3O4. The van der Waals surface area contributed by atoms with E-state index in [0.29, 0.717) is 35.0 Å². The molecule has 0 aliphatic heterocycles. The van der Waals surface area contributed by atoms with Gasteiger partial charge < -0.3 is 25.0 Å². The maximum atomic E-state index is 12.9. The Morgan fingerprint density at radius 2 is 1.81 bits per heavy atom. The lowest BCUT2D eigenvalue weighted by molar-refractivity contribution is 0.100. The fourth-order valence-corrected chi connectivity index (χ4v) is 2.94. The highest BCUT2D eigenvalue weighted by atomic mass is 16.5. The van der Waals surface area contributed by atoms with Gasteiger partial charge in [-0.25, -0.2) is 0 Å². The van der Waals surface area contributed by atoms with Gasteiger partial charge in [-0.15, -0.1) is 0 Å². The minimum atomic E-state index is -0.619. The average Bonchev–Trinajstić information content (AvgIpc) is 3.13. The lowest BCUT2D eigenvalue weighted by Gasteiger charge is -2.23. The largest absolute Gasteiger partial charge is 0.491 e. The zero-order valence-corrected chi connectivity index (χ0v) is 18.3. The second kappa shape index (κ2) is 9.76. The molecule has 1 atom stereocenters. The standard InChI is InChI=1S/C24H29N3O4/c1-16-21(22(27-31-16)17-8-6-5-7-9-17)23(29)26-18-10-12-20(13-11-18)30-15-19(28)14-25-24(2,3)4/h5-13,19,25,28H,14-15H2,1-4H3,(H,26,29). The Bertz CT molecular complexity index is 992. The first-order chi connectivity index (χ1) is 14.7. The van der Waals surface area contributed by atoms with E-state index >= 15 is 0 Å². The van der Waals surface area contributed by atoms with E-state index in [0.717, 1.165) is 5.56 Å². The number of carbonyl (C=O) groups is 1. The predicted octanol–water partition coefficient (Wildman–Crippen LogP) is 4.03. The van der Waals surface area contributed by atoms with Gasteiger partial charge in [-0.2, -0.15) is 0 Å². The lowest BCUT2D eigenvalue weighted by Crippen LogP contribution is -2.42. The van der Waals surface area contributed by atoms with Gasteiger partial charge in [-0.3, -0.25) is 4.79 Å². The Balaban J connectivity index is 1.59. The van der Waals surface area contributed by atoms with E-state index in [2.05, 4.69) is 15.8 Å². The second-order valence-electron chi connectivity index (χ2n) is 8.40. The number of carbonyl (C=O) groups excluding carboxylic acids is 1. The molecule has 3 rings (SSSR count). The van der Waals surface area contributed by atoms with E-state index in [4.69, 9.17) is 9.26 Å². The van der Waals surface area contributed by atoms with Crippen LogP contribution in [0.4, 0.5) is 5.69 Å². The minimum absolute atomic E-state index is 0.0654. The number of hydrogen-bond donors (Lipinski definition) is 3. The third kappa shape index (κ3) is 6.41. The van der Waals surface area contributed by atoms with Crippen LogP contribution < -0.4 is 15.4 Å². The van der Waals surface area contributed by atoms with Crippen molar-refractivity contribution in [2.75, 3.05) is 18.5 Å². The van der Waals surface area contributed by atoms with Gasteiger partial charge in [0.1, 0.15) is 35.5 Å². The van der Waals surface area contributed by atoms with Crippen molar-refractivity contribution in [3.05, 3.63) is 65.9 Å². The molecule has 0 radical (unpaired) electrons. The van der Waals surface area contributed by atoms with Gasteiger partial charge >= 0.3 is 0 Å². The predicted molar refractivity (Wildman–Crippen MR) is 120 cm³/mol. The fourth-order valence-electron chi connectivity index (χ4n) is 2.94. The average molecular weight is 424 g/mol. The Hall–Kier alpha value is -3.16. The van der Waals surface area contributed by atoms with Crippen LogP contribution in [-0.2, 0) is 0 Å². The molecule has 0 saturated heterocycles. The van der Waals surface area contributed by atoms with Crippen LogP contribution in [-0.4, -0.2) is 41.0 Å². The second-order valence-corrected chi connectivity index (χ2v) is 8.40. The smallest absolute Gasteiger partial charge is 0.261 e. The van der Waals surface area contributed by atoms with Gasteiger partial charge in [-0.1, -0.05) is 35.5 Å². The Labute approximate surface area is 182 Å². The van der Waals surface area contributed by atoms with Crippen LogP contribution in [0.25, 0.3) is 11.3 Å². The molecule has 3 aromatic rings. The van der Waals surface area contributed by atoms with Crippen LogP contribution in [0.1, 0.15) is 36.9 Å². The number of nitrogens with zero attached hydrogens (tertiary/aromatic N) is 1. The maximum absolute atomic E-state index is 12.9. The first-order valence-corrected chi connectivity index (χ1v) is 10.2. The van der Waals surface area contributed by atoms with Crippen molar-refractivity contribution >= 4 is 11.6 Å². The highest BCUT2D eigenvalue weighted by molar-refractivity contribution is 6.08. The van der Waals surface area contributed by atoms with Crippen LogP contribution in [0.5, 0.6) is 5.75 Å². The topological polar surface area (TPSA) is 96.6 Å². The summed E-state index contributed by atoms with van der Waals surface area (Å²) in [5, 5.41) is 20.2. The van der Waals surface area contributed by atoms with Crippen molar-refractivity contribution in [1.82, 2.24) is 10.5 Å². The van der Waals surface area contributed by atoms with E-state index in [1.165, 1.54) is 0 Å². The number of hydrogen-bond acceptors (Lipinski definition) is 6. The molecule has 1 unspecified atom stereocenters. The molecule has 0 bridgehead atoms. The van der Waals surface area contributed by atoms with Crippen LogP contribution >= 0.6 is 0 Å². The van der Waals surface area contributed by atoms with Crippen molar-refractivity contribution in [2.24, 2.45) is 0 Å². The van der Waals surface area contributed by atoms with Gasteiger partial charge in [0.2, 0.25) is 0 Å². The molecular weight excluding hydrogens is 394 g/mol. The quantitative estimate of drug-likeness (QED) is 0.506. The first kappa shape index (κ1) is 22.5. The van der Waals surface area contributed by atoms with E-state index in [1.807, 2.05) is 51.1 Å². The lowest BCUT2D eigenvalue weighted by atomic mass is 10.1. The molecule has 0 fully saturated rings. The summed E-state index contributed by atoms with van der Waals surface area (Å²) in [5.74, 6) is 0.767.